The van der Waals surface area contributed by atoms with Gasteiger partial charge in [-0.05, 0) is 44.8 Å². The molecule has 6 heteroatoms. The molecule has 0 saturated carbocycles. The van der Waals surface area contributed by atoms with Crippen LogP contribution >= 0.6 is 0 Å². The Morgan fingerprint density at radius 3 is 2.50 bits per heavy atom. The second-order valence-corrected chi connectivity index (χ2v) is 7.08. The molecular weight excluding hydrogens is 305 g/mol. The van der Waals surface area contributed by atoms with Gasteiger partial charge in [0.2, 0.25) is 0 Å². The molecule has 1 saturated heterocycles. The Bertz CT molecular complexity index is 837. The summed E-state index contributed by atoms with van der Waals surface area (Å²) in [7, 11) is -0.620. The van der Waals surface area contributed by atoms with E-state index in [4.69, 9.17) is 9.31 Å². The maximum absolute atomic E-state index is 12.0. The first-order valence-electron chi connectivity index (χ1n) is 8.02. The maximum atomic E-state index is 12.0. The Balaban J connectivity index is 2.04. The fourth-order valence-corrected chi connectivity index (χ4v) is 2.73. The van der Waals surface area contributed by atoms with E-state index in [2.05, 4.69) is 4.98 Å². The Labute approximate surface area is 141 Å². The lowest BCUT2D eigenvalue weighted by Crippen LogP contribution is -2.41. The van der Waals surface area contributed by atoms with Crippen molar-refractivity contribution in [3.63, 3.8) is 0 Å². The summed E-state index contributed by atoms with van der Waals surface area (Å²) in [5.41, 5.74) is 1.17. The van der Waals surface area contributed by atoms with Gasteiger partial charge in [0.05, 0.1) is 23.3 Å². The SMILES string of the molecule is CC1(C)OB(C(=Cc2cccc3c(=O)cc[nH]c23)CO)OC1(C)C. The number of aromatic amines is 1. The Kier molecular flexibility index (Phi) is 4.15. The number of fused-ring (bicyclic) bond motifs is 1. The summed E-state index contributed by atoms with van der Waals surface area (Å²) in [4.78, 5) is 15.1. The van der Waals surface area contributed by atoms with Crippen LogP contribution in [0.2, 0.25) is 0 Å². The van der Waals surface area contributed by atoms with Crippen LogP contribution in [0.4, 0.5) is 0 Å². The monoisotopic (exact) mass is 327 g/mol. The predicted octanol–water partition coefficient (Wildman–Crippen LogP) is 2.54. The third-order valence-corrected chi connectivity index (χ3v) is 4.90. The highest BCUT2D eigenvalue weighted by atomic mass is 16.7. The molecule has 2 aromatic rings. The van der Waals surface area contributed by atoms with Crippen molar-refractivity contribution in [2.45, 2.75) is 38.9 Å². The van der Waals surface area contributed by atoms with E-state index in [0.717, 1.165) is 11.1 Å². The molecular formula is C18H22BNO4. The minimum atomic E-state index is -0.620. The van der Waals surface area contributed by atoms with E-state index < -0.39 is 18.3 Å². The Morgan fingerprint density at radius 2 is 1.88 bits per heavy atom. The van der Waals surface area contributed by atoms with Crippen LogP contribution in [0.5, 0.6) is 0 Å². The highest BCUT2D eigenvalue weighted by Gasteiger charge is 2.52. The number of aliphatic hydroxyl groups excluding tert-OH is 1. The molecule has 5 nitrogen and oxygen atoms in total. The Morgan fingerprint density at radius 1 is 1.21 bits per heavy atom. The average Bonchev–Trinajstić information content (AvgIpc) is 2.73. The summed E-state index contributed by atoms with van der Waals surface area (Å²) < 4.78 is 12.0. The van der Waals surface area contributed by atoms with Crippen molar-refractivity contribution in [2.24, 2.45) is 0 Å². The number of nitrogens with one attached hydrogen (secondary N) is 1. The quantitative estimate of drug-likeness (QED) is 0.850. The first-order valence-corrected chi connectivity index (χ1v) is 8.02. The minimum Gasteiger partial charge on any atom is -0.400 e. The third kappa shape index (κ3) is 2.81. The van der Waals surface area contributed by atoms with Crippen molar-refractivity contribution in [2.75, 3.05) is 6.61 Å². The molecule has 126 valence electrons. The van der Waals surface area contributed by atoms with Crippen molar-refractivity contribution >= 4 is 24.1 Å². The lowest BCUT2D eigenvalue weighted by Gasteiger charge is -2.32. The zero-order valence-corrected chi connectivity index (χ0v) is 14.4. The summed E-state index contributed by atoms with van der Waals surface area (Å²) in [6, 6.07) is 6.98. The number of benzene rings is 1. The fraction of sp³-hybridized carbons (Fsp3) is 0.389. The van der Waals surface area contributed by atoms with Crippen molar-refractivity contribution in [3.05, 3.63) is 51.7 Å². The van der Waals surface area contributed by atoms with Gasteiger partial charge in [-0.25, -0.2) is 0 Å². The highest BCUT2D eigenvalue weighted by molar-refractivity contribution is 6.55. The third-order valence-electron chi connectivity index (χ3n) is 4.90. The van der Waals surface area contributed by atoms with E-state index >= 15 is 0 Å². The molecule has 24 heavy (non-hydrogen) atoms. The lowest BCUT2D eigenvalue weighted by molar-refractivity contribution is 0.00578. The van der Waals surface area contributed by atoms with Crippen LogP contribution in [0.3, 0.4) is 0 Å². The number of H-pyrrole nitrogens is 1. The molecule has 0 bridgehead atoms. The number of aromatic nitrogens is 1. The van der Waals surface area contributed by atoms with Gasteiger partial charge in [0.15, 0.2) is 5.43 Å². The standard InChI is InChI=1S/C18H22BNO4/c1-17(2)18(3,4)24-19(23-17)13(11-21)10-12-6-5-7-14-15(22)8-9-20-16(12)14/h5-10,21H,11H2,1-4H3,(H,20,22). The molecule has 1 aliphatic rings. The number of para-hydroxylation sites is 1. The summed E-state index contributed by atoms with van der Waals surface area (Å²) >= 11 is 0. The van der Waals surface area contributed by atoms with Crippen molar-refractivity contribution < 1.29 is 14.4 Å². The van der Waals surface area contributed by atoms with Gasteiger partial charge in [-0.3, -0.25) is 4.79 Å². The van der Waals surface area contributed by atoms with E-state index in [9.17, 15) is 9.90 Å². The van der Waals surface area contributed by atoms with E-state index in [1.165, 1.54) is 6.07 Å². The maximum Gasteiger partial charge on any atom is 0.492 e. The van der Waals surface area contributed by atoms with Gasteiger partial charge in [-0.2, -0.15) is 0 Å². The van der Waals surface area contributed by atoms with Gasteiger partial charge in [0.25, 0.3) is 0 Å². The van der Waals surface area contributed by atoms with Crippen LogP contribution in [0.25, 0.3) is 17.0 Å². The number of aliphatic hydroxyl groups is 1. The molecule has 0 aliphatic carbocycles. The van der Waals surface area contributed by atoms with Crippen LogP contribution in [-0.4, -0.2) is 35.0 Å². The molecule has 1 aromatic heterocycles. The molecule has 1 aliphatic heterocycles. The molecule has 0 radical (unpaired) electrons. The van der Waals surface area contributed by atoms with Gasteiger partial charge >= 0.3 is 7.12 Å². The van der Waals surface area contributed by atoms with E-state index in [1.807, 2.05) is 45.9 Å². The molecule has 0 spiro atoms. The summed E-state index contributed by atoms with van der Waals surface area (Å²) in [5, 5.41) is 10.4. The average molecular weight is 327 g/mol. The molecule has 2 heterocycles. The van der Waals surface area contributed by atoms with Crippen molar-refractivity contribution in [3.8, 4) is 0 Å². The lowest BCUT2D eigenvalue weighted by atomic mass is 9.77. The molecule has 0 atom stereocenters. The zero-order valence-electron chi connectivity index (χ0n) is 14.4. The second kappa shape index (κ2) is 5.88. The number of hydrogen-bond acceptors (Lipinski definition) is 4. The van der Waals surface area contributed by atoms with Crippen LogP contribution in [0.1, 0.15) is 33.3 Å². The smallest absolute Gasteiger partial charge is 0.400 e. The zero-order chi connectivity index (χ0) is 17.5. The highest BCUT2D eigenvalue weighted by Crippen LogP contribution is 2.38. The molecule has 3 rings (SSSR count). The summed E-state index contributed by atoms with van der Waals surface area (Å²) in [6.45, 7) is 7.69. The van der Waals surface area contributed by atoms with Gasteiger partial charge in [-0.1, -0.05) is 18.2 Å². The van der Waals surface area contributed by atoms with Gasteiger partial charge in [0.1, 0.15) is 0 Å². The van der Waals surface area contributed by atoms with Gasteiger partial charge < -0.3 is 19.4 Å². The second-order valence-electron chi connectivity index (χ2n) is 7.08. The van der Waals surface area contributed by atoms with Gasteiger partial charge in [0, 0.05) is 17.6 Å². The first kappa shape index (κ1) is 17.0. The fourth-order valence-electron chi connectivity index (χ4n) is 2.73. The summed E-state index contributed by atoms with van der Waals surface area (Å²) in [6.07, 6.45) is 3.44. The van der Waals surface area contributed by atoms with Crippen LogP contribution in [-0.2, 0) is 9.31 Å². The van der Waals surface area contributed by atoms with Crippen molar-refractivity contribution in [1.29, 1.82) is 0 Å². The van der Waals surface area contributed by atoms with Gasteiger partial charge in [-0.15, -0.1) is 0 Å². The van der Waals surface area contributed by atoms with Crippen LogP contribution in [0.15, 0.2) is 40.7 Å². The molecule has 0 amide bonds. The number of pyridine rings is 1. The normalized spacial score (nSPS) is 19.9. The summed E-state index contributed by atoms with van der Waals surface area (Å²) in [5.74, 6) is 0. The van der Waals surface area contributed by atoms with E-state index in [0.29, 0.717) is 10.9 Å². The number of hydrogen-bond donors (Lipinski definition) is 2. The number of rotatable bonds is 3. The first-order chi connectivity index (χ1) is 11.2. The van der Waals surface area contributed by atoms with Crippen LogP contribution < -0.4 is 5.43 Å². The topological polar surface area (TPSA) is 71.6 Å². The minimum absolute atomic E-state index is 0.0415. The molecule has 1 aromatic carbocycles. The van der Waals surface area contributed by atoms with Crippen LogP contribution in [0, 0.1) is 0 Å². The largest absolute Gasteiger partial charge is 0.492 e. The predicted molar refractivity (Wildman–Crippen MR) is 95.7 cm³/mol. The Hall–Kier alpha value is -1.89. The van der Waals surface area contributed by atoms with E-state index in [1.54, 1.807) is 12.3 Å². The molecule has 1 fully saturated rings. The van der Waals surface area contributed by atoms with E-state index in [-0.39, 0.29) is 12.0 Å². The van der Waals surface area contributed by atoms with Crippen molar-refractivity contribution in [1.82, 2.24) is 4.98 Å². The molecule has 0 unspecified atom stereocenters. The molecule has 2 N–H and O–H groups in total.